The fourth-order valence-corrected chi connectivity index (χ4v) is 1.72. The van der Waals surface area contributed by atoms with E-state index in [9.17, 15) is 9.59 Å². The van der Waals surface area contributed by atoms with Crippen molar-refractivity contribution in [2.45, 2.75) is 44.2 Å². The van der Waals surface area contributed by atoms with Gasteiger partial charge in [-0.2, -0.15) is 5.26 Å². The number of primary amides is 1. The SMILES string of the molecule is N#CCCC[C@H](NC(=O)[C@H]1CCCO1)C(N)=O. The molecule has 6 nitrogen and oxygen atoms in total. The Morgan fingerprint density at radius 3 is 2.88 bits per heavy atom. The zero-order valence-electron chi connectivity index (χ0n) is 9.65. The molecule has 0 aromatic carbocycles. The molecule has 0 aromatic heterocycles. The molecular formula is C11H17N3O3. The first-order valence-electron chi connectivity index (χ1n) is 5.73. The van der Waals surface area contributed by atoms with Crippen LogP contribution in [0.1, 0.15) is 32.1 Å². The molecule has 0 saturated carbocycles. The Balaban J connectivity index is 2.40. The third kappa shape index (κ3) is 4.41. The maximum atomic E-state index is 11.7. The van der Waals surface area contributed by atoms with Crippen molar-refractivity contribution in [3.05, 3.63) is 0 Å². The molecule has 0 spiro atoms. The van der Waals surface area contributed by atoms with Gasteiger partial charge >= 0.3 is 0 Å². The van der Waals surface area contributed by atoms with Gasteiger partial charge in [-0.25, -0.2) is 0 Å². The fourth-order valence-electron chi connectivity index (χ4n) is 1.72. The minimum absolute atomic E-state index is 0.289. The maximum Gasteiger partial charge on any atom is 0.249 e. The number of ether oxygens (including phenoxy) is 1. The van der Waals surface area contributed by atoms with E-state index in [-0.39, 0.29) is 5.91 Å². The largest absolute Gasteiger partial charge is 0.368 e. The van der Waals surface area contributed by atoms with Crippen molar-refractivity contribution in [1.29, 1.82) is 5.26 Å². The van der Waals surface area contributed by atoms with Crippen molar-refractivity contribution >= 4 is 11.8 Å². The number of nitrogens with zero attached hydrogens (tertiary/aromatic N) is 1. The predicted octanol–water partition coefficient (Wildman–Crippen LogP) is -0.171. The van der Waals surface area contributed by atoms with Gasteiger partial charge in [0.1, 0.15) is 12.1 Å². The second kappa shape index (κ2) is 6.86. The van der Waals surface area contributed by atoms with Crippen LogP contribution >= 0.6 is 0 Å². The molecule has 3 N–H and O–H groups in total. The van der Waals surface area contributed by atoms with Crippen LogP contribution in [-0.2, 0) is 14.3 Å². The number of nitrogens with one attached hydrogen (secondary N) is 1. The molecule has 1 fully saturated rings. The molecule has 1 rings (SSSR count). The average Bonchev–Trinajstić information content (AvgIpc) is 2.81. The monoisotopic (exact) mass is 239 g/mol. The molecular weight excluding hydrogens is 222 g/mol. The zero-order chi connectivity index (χ0) is 12.7. The molecule has 6 heteroatoms. The molecule has 1 saturated heterocycles. The summed E-state index contributed by atoms with van der Waals surface area (Å²) in [6, 6.07) is 1.27. The van der Waals surface area contributed by atoms with E-state index in [4.69, 9.17) is 15.7 Å². The number of rotatable bonds is 6. The van der Waals surface area contributed by atoms with E-state index in [1.54, 1.807) is 0 Å². The van der Waals surface area contributed by atoms with Crippen molar-refractivity contribution in [2.75, 3.05) is 6.61 Å². The van der Waals surface area contributed by atoms with Gasteiger partial charge in [-0.15, -0.1) is 0 Å². The lowest BCUT2D eigenvalue weighted by Crippen LogP contribution is -2.47. The first kappa shape index (κ1) is 13.5. The molecule has 1 aliphatic heterocycles. The number of carbonyl (C=O) groups excluding carboxylic acids is 2. The standard InChI is InChI=1S/C11H17N3O3/c12-6-2-1-4-8(10(13)15)14-11(16)9-5-3-7-17-9/h8-9H,1-5,7H2,(H2,13,15)(H,14,16)/t8-,9+/m0/s1. The van der Waals surface area contributed by atoms with E-state index in [1.165, 1.54) is 0 Å². The van der Waals surface area contributed by atoms with E-state index >= 15 is 0 Å². The number of hydrogen-bond donors (Lipinski definition) is 2. The number of carbonyl (C=O) groups is 2. The van der Waals surface area contributed by atoms with Crippen LogP contribution in [0.4, 0.5) is 0 Å². The summed E-state index contributed by atoms with van der Waals surface area (Å²) < 4.78 is 5.20. The average molecular weight is 239 g/mol. The van der Waals surface area contributed by atoms with Gasteiger partial charge in [-0.3, -0.25) is 9.59 Å². The van der Waals surface area contributed by atoms with Gasteiger partial charge in [0.2, 0.25) is 11.8 Å². The Morgan fingerprint density at radius 2 is 2.35 bits per heavy atom. The molecule has 2 atom stereocenters. The van der Waals surface area contributed by atoms with Crippen molar-refractivity contribution in [3.63, 3.8) is 0 Å². The highest BCUT2D eigenvalue weighted by Crippen LogP contribution is 2.12. The van der Waals surface area contributed by atoms with Gasteiger partial charge in [0.25, 0.3) is 0 Å². The lowest BCUT2D eigenvalue weighted by molar-refractivity contribution is -0.133. The third-order valence-electron chi connectivity index (χ3n) is 2.66. The summed E-state index contributed by atoms with van der Waals surface area (Å²) in [5.74, 6) is -0.863. The van der Waals surface area contributed by atoms with Crippen LogP contribution in [0.15, 0.2) is 0 Å². The Labute approximate surface area is 100 Å². The molecule has 0 aromatic rings. The molecule has 2 amide bonds. The smallest absolute Gasteiger partial charge is 0.249 e. The van der Waals surface area contributed by atoms with Crippen LogP contribution in [0.25, 0.3) is 0 Å². The van der Waals surface area contributed by atoms with E-state index in [0.29, 0.717) is 32.3 Å². The highest BCUT2D eigenvalue weighted by molar-refractivity contribution is 5.88. The van der Waals surface area contributed by atoms with Crippen LogP contribution in [0.2, 0.25) is 0 Å². The van der Waals surface area contributed by atoms with Crippen LogP contribution in [0.3, 0.4) is 0 Å². The van der Waals surface area contributed by atoms with Crippen LogP contribution in [0.5, 0.6) is 0 Å². The number of hydrogen-bond acceptors (Lipinski definition) is 4. The predicted molar refractivity (Wildman–Crippen MR) is 59.6 cm³/mol. The summed E-state index contributed by atoms with van der Waals surface area (Å²) in [6.07, 6.45) is 2.34. The van der Waals surface area contributed by atoms with Crippen molar-refractivity contribution in [3.8, 4) is 6.07 Å². The van der Waals surface area contributed by atoms with E-state index in [1.807, 2.05) is 6.07 Å². The molecule has 0 aliphatic carbocycles. The topological polar surface area (TPSA) is 105 Å². The Bertz CT molecular complexity index is 318. The van der Waals surface area contributed by atoms with E-state index in [0.717, 1.165) is 6.42 Å². The summed E-state index contributed by atoms with van der Waals surface area (Å²) in [6.45, 7) is 0.577. The van der Waals surface area contributed by atoms with Gasteiger partial charge in [0.05, 0.1) is 6.07 Å². The second-order valence-corrected chi connectivity index (χ2v) is 4.02. The van der Waals surface area contributed by atoms with Gasteiger partial charge in [0.15, 0.2) is 0 Å². The molecule has 94 valence electrons. The highest BCUT2D eigenvalue weighted by Gasteiger charge is 2.27. The Kier molecular flexibility index (Phi) is 5.43. The van der Waals surface area contributed by atoms with Crippen LogP contribution in [0, 0.1) is 11.3 Å². The number of unbranched alkanes of at least 4 members (excludes halogenated alkanes) is 1. The summed E-state index contributed by atoms with van der Waals surface area (Å²) in [4.78, 5) is 22.8. The van der Waals surface area contributed by atoms with Gasteiger partial charge in [0, 0.05) is 13.0 Å². The zero-order valence-corrected chi connectivity index (χ0v) is 9.65. The summed E-state index contributed by atoms with van der Waals surface area (Å²) in [7, 11) is 0. The first-order chi connectivity index (χ1) is 8.15. The van der Waals surface area contributed by atoms with Gasteiger partial charge in [-0.1, -0.05) is 0 Å². The molecule has 17 heavy (non-hydrogen) atoms. The number of nitrogens with two attached hydrogens (primary N) is 1. The van der Waals surface area contributed by atoms with E-state index in [2.05, 4.69) is 5.32 Å². The van der Waals surface area contributed by atoms with E-state index < -0.39 is 18.1 Å². The number of amides is 2. The third-order valence-corrected chi connectivity index (χ3v) is 2.66. The normalized spacial score (nSPS) is 20.5. The minimum atomic E-state index is -0.708. The van der Waals surface area contributed by atoms with Gasteiger partial charge in [-0.05, 0) is 25.7 Å². The van der Waals surface area contributed by atoms with Gasteiger partial charge < -0.3 is 15.8 Å². The molecule has 0 unspecified atom stereocenters. The maximum absolute atomic E-state index is 11.7. The van der Waals surface area contributed by atoms with Crippen LogP contribution in [-0.4, -0.2) is 30.6 Å². The molecule has 1 heterocycles. The minimum Gasteiger partial charge on any atom is -0.368 e. The lowest BCUT2D eigenvalue weighted by atomic mass is 10.1. The van der Waals surface area contributed by atoms with Crippen molar-refractivity contribution in [2.24, 2.45) is 5.73 Å². The molecule has 0 radical (unpaired) electrons. The Morgan fingerprint density at radius 1 is 1.59 bits per heavy atom. The van der Waals surface area contributed by atoms with Crippen molar-refractivity contribution < 1.29 is 14.3 Å². The summed E-state index contributed by atoms with van der Waals surface area (Å²) in [5, 5.41) is 11.0. The van der Waals surface area contributed by atoms with Crippen LogP contribution < -0.4 is 11.1 Å². The molecule has 0 bridgehead atoms. The highest BCUT2D eigenvalue weighted by atomic mass is 16.5. The second-order valence-electron chi connectivity index (χ2n) is 4.02. The summed E-state index contributed by atoms with van der Waals surface area (Å²) in [5.41, 5.74) is 5.19. The quantitative estimate of drug-likeness (QED) is 0.627. The van der Waals surface area contributed by atoms with Crippen molar-refractivity contribution in [1.82, 2.24) is 5.32 Å². The number of nitriles is 1. The fraction of sp³-hybridized carbons (Fsp3) is 0.727. The summed E-state index contributed by atoms with van der Waals surface area (Å²) >= 11 is 0. The first-order valence-corrected chi connectivity index (χ1v) is 5.73. The molecule has 1 aliphatic rings. The lowest BCUT2D eigenvalue weighted by Gasteiger charge is -2.17. The Hall–Kier alpha value is -1.61.